The summed E-state index contributed by atoms with van der Waals surface area (Å²) in [4.78, 5) is 20.7. The first-order valence-corrected chi connectivity index (χ1v) is 9.77. The Morgan fingerprint density at radius 1 is 1.36 bits per heavy atom. The average molecular weight is 388 g/mol. The first kappa shape index (κ1) is 21.6. The molecule has 1 aliphatic heterocycles. The van der Waals surface area contributed by atoms with Crippen LogP contribution in [0.15, 0.2) is 24.3 Å². The molecule has 2 rings (SSSR count). The van der Waals surface area contributed by atoms with E-state index in [1.165, 1.54) is 5.56 Å². The standard InChI is InChI=1S/C15H22ClN3OS.C2H4O2/c16-13-3-1-2-12(10-13)11-21-9-8-18-15(20)19-14-4-6-17-7-5-14;1-2(3)4/h1-3,10,14,17H,4-9,11H2,(H2,18,19,20);1H3,(H,3,4). The summed E-state index contributed by atoms with van der Waals surface area (Å²) >= 11 is 7.73. The number of carboxylic acid groups (broad SMARTS) is 1. The fourth-order valence-corrected chi connectivity index (χ4v) is 3.28. The fraction of sp³-hybridized carbons (Fsp3) is 0.529. The van der Waals surface area contributed by atoms with Gasteiger partial charge in [-0.05, 0) is 43.6 Å². The summed E-state index contributed by atoms with van der Waals surface area (Å²) in [6.45, 7) is 3.74. The SMILES string of the molecule is CC(=O)O.O=C(NCCSCc1cccc(Cl)c1)NC1CCNCC1. The number of carbonyl (C=O) groups excluding carboxylic acids is 1. The number of halogens is 1. The smallest absolute Gasteiger partial charge is 0.315 e. The van der Waals surface area contributed by atoms with Crippen LogP contribution in [-0.2, 0) is 10.5 Å². The molecule has 0 saturated carbocycles. The first-order valence-electron chi connectivity index (χ1n) is 8.24. The van der Waals surface area contributed by atoms with Gasteiger partial charge in [-0.1, -0.05) is 23.7 Å². The molecule has 0 aliphatic carbocycles. The quantitative estimate of drug-likeness (QED) is 0.563. The number of benzene rings is 1. The number of carbonyl (C=O) groups is 2. The van der Waals surface area contributed by atoms with Crippen molar-refractivity contribution in [3.05, 3.63) is 34.9 Å². The third kappa shape index (κ3) is 11.7. The Morgan fingerprint density at radius 2 is 2.04 bits per heavy atom. The molecule has 4 N–H and O–H groups in total. The van der Waals surface area contributed by atoms with Crippen LogP contribution >= 0.6 is 23.4 Å². The molecule has 1 aromatic rings. The van der Waals surface area contributed by atoms with Gasteiger partial charge in [-0.2, -0.15) is 11.8 Å². The zero-order chi connectivity index (χ0) is 18.5. The fourth-order valence-electron chi connectivity index (χ4n) is 2.26. The number of hydrogen-bond acceptors (Lipinski definition) is 4. The third-order valence-corrected chi connectivity index (χ3v) is 4.63. The average Bonchev–Trinajstić information content (AvgIpc) is 2.55. The van der Waals surface area contributed by atoms with Gasteiger partial charge in [0.25, 0.3) is 5.97 Å². The van der Waals surface area contributed by atoms with Gasteiger partial charge < -0.3 is 21.1 Å². The number of thioether (sulfide) groups is 1. The Labute approximate surface area is 158 Å². The molecular weight excluding hydrogens is 362 g/mol. The van der Waals surface area contributed by atoms with E-state index in [0.717, 1.165) is 49.4 Å². The van der Waals surface area contributed by atoms with Crippen LogP contribution in [0, 0.1) is 0 Å². The Morgan fingerprint density at radius 3 is 2.68 bits per heavy atom. The van der Waals surface area contributed by atoms with E-state index in [-0.39, 0.29) is 6.03 Å². The number of amides is 2. The van der Waals surface area contributed by atoms with Gasteiger partial charge >= 0.3 is 6.03 Å². The van der Waals surface area contributed by atoms with Gasteiger partial charge in [0, 0.05) is 36.0 Å². The molecular formula is C17H26ClN3O3S. The predicted octanol–water partition coefficient (Wildman–Crippen LogP) is 2.72. The summed E-state index contributed by atoms with van der Waals surface area (Å²) in [5.41, 5.74) is 1.21. The van der Waals surface area contributed by atoms with Crippen molar-refractivity contribution in [3.63, 3.8) is 0 Å². The predicted molar refractivity (Wildman–Crippen MR) is 103 cm³/mol. The number of piperidine rings is 1. The van der Waals surface area contributed by atoms with Gasteiger partial charge in [0.1, 0.15) is 0 Å². The summed E-state index contributed by atoms with van der Waals surface area (Å²) < 4.78 is 0. The van der Waals surface area contributed by atoms with Crippen LogP contribution in [0.5, 0.6) is 0 Å². The molecule has 25 heavy (non-hydrogen) atoms. The van der Waals surface area contributed by atoms with Gasteiger partial charge in [-0.15, -0.1) is 0 Å². The zero-order valence-corrected chi connectivity index (χ0v) is 16.0. The van der Waals surface area contributed by atoms with Crippen molar-refractivity contribution in [2.24, 2.45) is 0 Å². The summed E-state index contributed by atoms with van der Waals surface area (Å²) in [6.07, 6.45) is 2.02. The van der Waals surface area contributed by atoms with Gasteiger partial charge in [0.2, 0.25) is 0 Å². The third-order valence-electron chi connectivity index (χ3n) is 3.36. The van der Waals surface area contributed by atoms with E-state index < -0.39 is 5.97 Å². The van der Waals surface area contributed by atoms with Crippen molar-refractivity contribution in [2.75, 3.05) is 25.4 Å². The normalized spacial score (nSPS) is 14.2. The van der Waals surface area contributed by atoms with E-state index in [0.29, 0.717) is 12.6 Å². The van der Waals surface area contributed by atoms with Crippen LogP contribution in [0.2, 0.25) is 5.02 Å². The van der Waals surface area contributed by atoms with Crippen molar-refractivity contribution in [1.29, 1.82) is 0 Å². The minimum atomic E-state index is -0.833. The molecule has 0 atom stereocenters. The number of aliphatic carboxylic acids is 1. The second-order valence-electron chi connectivity index (χ2n) is 5.63. The first-order chi connectivity index (χ1) is 12.0. The molecule has 1 aromatic carbocycles. The number of urea groups is 1. The maximum Gasteiger partial charge on any atom is 0.315 e. The zero-order valence-electron chi connectivity index (χ0n) is 14.4. The van der Waals surface area contributed by atoms with Gasteiger partial charge in [0.15, 0.2) is 0 Å². The Bertz CT molecular complexity index is 536. The molecule has 140 valence electrons. The topological polar surface area (TPSA) is 90.5 Å². The van der Waals surface area contributed by atoms with Crippen molar-refractivity contribution in [3.8, 4) is 0 Å². The van der Waals surface area contributed by atoms with Crippen molar-refractivity contribution in [1.82, 2.24) is 16.0 Å². The van der Waals surface area contributed by atoms with Crippen molar-refractivity contribution < 1.29 is 14.7 Å². The van der Waals surface area contributed by atoms with E-state index in [1.807, 2.05) is 18.2 Å². The Hall–Kier alpha value is -1.44. The molecule has 0 aromatic heterocycles. The van der Waals surface area contributed by atoms with Gasteiger partial charge in [0.05, 0.1) is 0 Å². The number of carboxylic acids is 1. The summed E-state index contributed by atoms with van der Waals surface area (Å²) in [7, 11) is 0. The van der Waals surface area contributed by atoms with E-state index in [4.69, 9.17) is 21.5 Å². The maximum atomic E-state index is 11.7. The highest BCUT2D eigenvalue weighted by Crippen LogP contribution is 2.16. The Kier molecular flexibility index (Phi) is 11.1. The van der Waals surface area contributed by atoms with Crippen LogP contribution in [-0.4, -0.2) is 48.5 Å². The lowest BCUT2D eigenvalue weighted by Crippen LogP contribution is -2.47. The molecule has 1 saturated heterocycles. The maximum absolute atomic E-state index is 11.7. The number of hydrogen-bond donors (Lipinski definition) is 4. The minimum Gasteiger partial charge on any atom is -0.481 e. The van der Waals surface area contributed by atoms with Gasteiger partial charge in [-0.3, -0.25) is 4.79 Å². The lowest BCUT2D eigenvalue weighted by molar-refractivity contribution is -0.134. The largest absolute Gasteiger partial charge is 0.481 e. The van der Waals surface area contributed by atoms with Gasteiger partial charge in [-0.25, -0.2) is 4.79 Å². The lowest BCUT2D eigenvalue weighted by atomic mass is 10.1. The van der Waals surface area contributed by atoms with Crippen LogP contribution in [0.25, 0.3) is 0 Å². The van der Waals surface area contributed by atoms with Crippen LogP contribution in [0.1, 0.15) is 25.3 Å². The highest BCUT2D eigenvalue weighted by atomic mass is 35.5. The summed E-state index contributed by atoms with van der Waals surface area (Å²) in [5, 5.41) is 17.4. The highest BCUT2D eigenvalue weighted by molar-refractivity contribution is 7.98. The molecule has 1 aliphatic rings. The second-order valence-corrected chi connectivity index (χ2v) is 7.17. The van der Waals surface area contributed by atoms with Crippen LogP contribution < -0.4 is 16.0 Å². The van der Waals surface area contributed by atoms with Crippen molar-refractivity contribution >= 4 is 35.4 Å². The molecule has 0 bridgehead atoms. The van der Waals surface area contributed by atoms with Crippen LogP contribution in [0.4, 0.5) is 4.79 Å². The van der Waals surface area contributed by atoms with Crippen LogP contribution in [0.3, 0.4) is 0 Å². The van der Waals surface area contributed by atoms with E-state index in [9.17, 15) is 4.79 Å². The molecule has 0 unspecified atom stereocenters. The molecule has 0 radical (unpaired) electrons. The molecule has 6 nitrogen and oxygen atoms in total. The summed E-state index contributed by atoms with van der Waals surface area (Å²) in [5.74, 6) is 0.976. The molecule has 0 spiro atoms. The van der Waals surface area contributed by atoms with E-state index in [2.05, 4.69) is 22.0 Å². The number of nitrogens with one attached hydrogen (secondary N) is 3. The molecule has 1 fully saturated rings. The Balaban J connectivity index is 0.000000705. The lowest BCUT2D eigenvalue weighted by Gasteiger charge is -2.23. The molecule has 1 heterocycles. The van der Waals surface area contributed by atoms with E-state index in [1.54, 1.807) is 11.8 Å². The monoisotopic (exact) mass is 387 g/mol. The minimum absolute atomic E-state index is 0.0507. The van der Waals surface area contributed by atoms with Crippen molar-refractivity contribution in [2.45, 2.75) is 31.6 Å². The highest BCUT2D eigenvalue weighted by Gasteiger charge is 2.14. The molecule has 8 heteroatoms. The summed E-state index contributed by atoms with van der Waals surface area (Å²) in [6, 6.07) is 8.14. The molecule has 2 amide bonds. The van der Waals surface area contributed by atoms with E-state index >= 15 is 0 Å². The number of rotatable bonds is 6. The second kappa shape index (κ2) is 12.9.